The summed E-state index contributed by atoms with van der Waals surface area (Å²) in [5.74, 6) is 0. The summed E-state index contributed by atoms with van der Waals surface area (Å²) < 4.78 is 0. The molecule has 2 aromatic rings. The van der Waals surface area contributed by atoms with Crippen LogP contribution in [0, 0.1) is 0 Å². The van der Waals surface area contributed by atoms with E-state index >= 15 is 0 Å². The smallest absolute Gasteiger partial charge is 0.0346 e. The van der Waals surface area contributed by atoms with E-state index in [1.165, 1.54) is 10.8 Å². The van der Waals surface area contributed by atoms with Gasteiger partial charge >= 0.3 is 0 Å². The number of rotatable bonds is 0. The zero-order chi connectivity index (χ0) is 6.81. The highest BCUT2D eigenvalue weighted by Crippen LogP contribution is 2.09. The number of nitrogens with zero attached hydrogens (tertiary/aromatic N) is 1. The predicted octanol–water partition coefficient (Wildman–Crippen LogP) is 3.50. The van der Waals surface area contributed by atoms with E-state index in [1.807, 2.05) is 30.6 Å². The maximum Gasteiger partial charge on any atom is 0.0346 e. The molecule has 0 aliphatic carbocycles. The van der Waals surface area contributed by atoms with Crippen molar-refractivity contribution in [3.63, 3.8) is 0 Å². The van der Waals surface area contributed by atoms with Crippen LogP contribution in [0.1, 0.15) is 0 Å². The maximum absolute atomic E-state index is 4.01. The lowest BCUT2D eigenvalue weighted by atomic mass is 10.2. The van der Waals surface area contributed by atoms with Crippen LogP contribution in [0.25, 0.3) is 10.8 Å². The van der Waals surface area contributed by atoms with E-state index in [0.29, 0.717) is 0 Å². The lowest BCUT2D eigenvalue weighted by Gasteiger charge is -1.91. The molecule has 0 aliphatic heterocycles. The normalized spacial score (nSPS) is 7.69. The van der Waals surface area contributed by atoms with Crippen molar-refractivity contribution < 1.29 is 0 Å². The first-order valence-corrected chi connectivity index (χ1v) is 3.25. The van der Waals surface area contributed by atoms with E-state index in [9.17, 15) is 0 Å². The monoisotopic (exact) mass is 237 g/mol. The first kappa shape index (κ1) is 15.0. The fourth-order valence-corrected chi connectivity index (χ4v) is 1.03. The maximum atomic E-state index is 4.01. The Labute approximate surface area is 95.8 Å². The van der Waals surface area contributed by atoms with Gasteiger partial charge in [-0.3, -0.25) is 4.98 Å². The summed E-state index contributed by atoms with van der Waals surface area (Å²) in [4.78, 5) is 4.01. The molecule has 1 aromatic carbocycles. The Morgan fingerprint density at radius 2 is 1.38 bits per heavy atom. The average Bonchev–Trinajstić information content (AvgIpc) is 2.05. The topological polar surface area (TPSA) is 12.9 Å². The highest BCUT2D eigenvalue weighted by atomic mass is 35.5. The minimum absolute atomic E-state index is 0. The first-order valence-electron chi connectivity index (χ1n) is 3.25. The van der Waals surface area contributed by atoms with Crippen LogP contribution >= 0.6 is 37.2 Å². The molecule has 0 radical (unpaired) electrons. The second-order valence-electron chi connectivity index (χ2n) is 2.22. The van der Waals surface area contributed by atoms with Gasteiger partial charge in [-0.2, -0.15) is 0 Å². The molecule has 0 saturated carbocycles. The number of fused-ring (bicyclic) bond motifs is 1. The molecule has 0 unspecified atom stereocenters. The van der Waals surface area contributed by atoms with Gasteiger partial charge in [0.2, 0.25) is 0 Å². The highest BCUT2D eigenvalue weighted by molar-refractivity contribution is 5.86. The molecule has 1 heterocycles. The molecule has 72 valence electrons. The van der Waals surface area contributed by atoms with Crippen molar-refractivity contribution in [1.29, 1.82) is 0 Å². The Morgan fingerprint density at radius 3 is 2.00 bits per heavy atom. The Bertz CT molecular complexity index is 286. The largest absolute Gasteiger partial charge is 0.264 e. The van der Waals surface area contributed by atoms with Gasteiger partial charge < -0.3 is 0 Å². The Kier molecular flexibility index (Phi) is 8.02. The summed E-state index contributed by atoms with van der Waals surface area (Å²) in [5.41, 5.74) is 0. The molecule has 0 spiro atoms. The molecular formula is C9H10Cl3N. The van der Waals surface area contributed by atoms with Gasteiger partial charge in [-0.1, -0.05) is 24.3 Å². The molecule has 1 aromatic heterocycles. The van der Waals surface area contributed by atoms with Gasteiger partial charge in [0.05, 0.1) is 0 Å². The fraction of sp³-hybridized carbons (Fsp3) is 0. The van der Waals surface area contributed by atoms with Crippen LogP contribution in [0.4, 0.5) is 0 Å². The Balaban J connectivity index is 0. The van der Waals surface area contributed by atoms with Crippen LogP contribution in [0.2, 0.25) is 0 Å². The van der Waals surface area contributed by atoms with E-state index in [2.05, 4.69) is 17.1 Å². The second-order valence-corrected chi connectivity index (χ2v) is 2.22. The van der Waals surface area contributed by atoms with Crippen molar-refractivity contribution in [3.8, 4) is 0 Å². The fourth-order valence-electron chi connectivity index (χ4n) is 1.03. The third kappa shape index (κ3) is 3.39. The SMILES string of the molecule is Cl.Cl.Cl.c1ccc2cnccc2c1. The van der Waals surface area contributed by atoms with E-state index in [-0.39, 0.29) is 37.2 Å². The van der Waals surface area contributed by atoms with Crippen LogP contribution in [0.15, 0.2) is 42.7 Å². The molecule has 4 heteroatoms. The van der Waals surface area contributed by atoms with Gasteiger partial charge in [0.25, 0.3) is 0 Å². The van der Waals surface area contributed by atoms with Crippen molar-refractivity contribution in [2.45, 2.75) is 0 Å². The zero-order valence-corrected chi connectivity index (χ0v) is 9.16. The molecule has 0 bridgehead atoms. The van der Waals surface area contributed by atoms with Crippen molar-refractivity contribution >= 4 is 48.0 Å². The van der Waals surface area contributed by atoms with E-state index in [0.717, 1.165) is 0 Å². The van der Waals surface area contributed by atoms with Crippen LogP contribution in [0.3, 0.4) is 0 Å². The van der Waals surface area contributed by atoms with E-state index in [4.69, 9.17) is 0 Å². The van der Waals surface area contributed by atoms with Gasteiger partial charge in [-0.15, -0.1) is 37.2 Å². The molecular weight excluding hydrogens is 228 g/mol. The predicted molar refractivity (Wildman–Crippen MR) is 63.5 cm³/mol. The van der Waals surface area contributed by atoms with Crippen molar-refractivity contribution in [2.75, 3.05) is 0 Å². The second kappa shape index (κ2) is 6.96. The zero-order valence-electron chi connectivity index (χ0n) is 6.71. The van der Waals surface area contributed by atoms with Crippen molar-refractivity contribution in [3.05, 3.63) is 42.7 Å². The lowest BCUT2D eigenvalue weighted by Crippen LogP contribution is -1.71. The van der Waals surface area contributed by atoms with Crippen LogP contribution in [0.5, 0.6) is 0 Å². The van der Waals surface area contributed by atoms with E-state index in [1.54, 1.807) is 0 Å². The standard InChI is InChI=1S/C9H7N.3ClH/c1-2-4-9-7-10-6-5-8(9)3-1;;;/h1-7H;3*1H. The summed E-state index contributed by atoms with van der Waals surface area (Å²) in [5, 5.41) is 2.45. The number of aromatic nitrogens is 1. The molecule has 0 N–H and O–H groups in total. The van der Waals surface area contributed by atoms with E-state index < -0.39 is 0 Å². The Hall–Kier alpha value is -0.500. The van der Waals surface area contributed by atoms with Crippen LogP contribution < -0.4 is 0 Å². The number of halogens is 3. The summed E-state index contributed by atoms with van der Waals surface area (Å²) >= 11 is 0. The Morgan fingerprint density at radius 1 is 0.769 bits per heavy atom. The van der Waals surface area contributed by atoms with Gasteiger partial charge in [0.15, 0.2) is 0 Å². The highest BCUT2D eigenvalue weighted by Gasteiger charge is 1.86. The average molecular weight is 239 g/mol. The minimum Gasteiger partial charge on any atom is -0.264 e. The molecule has 0 fully saturated rings. The number of hydrogen-bond acceptors (Lipinski definition) is 1. The third-order valence-electron chi connectivity index (χ3n) is 1.55. The molecule has 1 nitrogen and oxygen atoms in total. The van der Waals surface area contributed by atoms with Gasteiger partial charge in [-0.25, -0.2) is 0 Å². The van der Waals surface area contributed by atoms with Gasteiger partial charge in [0.1, 0.15) is 0 Å². The molecule has 13 heavy (non-hydrogen) atoms. The summed E-state index contributed by atoms with van der Waals surface area (Å²) in [6, 6.07) is 10.2. The number of pyridine rings is 1. The molecule has 2 rings (SSSR count). The lowest BCUT2D eigenvalue weighted by molar-refractivity contribution is 1.36. The van der Waals surface area contributed by atoms with Gasteiger partial charge in [0, 0.05) is 12.4 Å². The summed E-state index contributed by atoms with van der Waals surface area (Å²) in [6.45, 7) is 0. The van der Waals surface area contributed by atoms with Crippen molar-refractivity contribution in [1.82, 2.24) is 4.98 Å². The summed E-state index contributed by atoms with van der Waals surface area (Å²) in [7, 11) is 0. The molecule has 0 saturated heterocycles. The number of hydrogen-bond donors (Lipinski definition) is 0. The summed E-state index contributed by atoms with van der Waals surface area (Å²) in [6.07, 6.45) is 3.68. The molecule has 0 atom stereocenters. The number of benzene rings is 1. The van der Waals surface area contributed by atoms with Gasteiger partial charge in [-0.05, 0) is 16.8 Å². The van der Waals surface area contributed by atoms with Crippen LogP contribution in [-0.2, 0) is 0 Å². The molecule has 0 amide bonds. The quantitative estimate of drug-likeness (QED) is 0.684. The molecule has 0 aliphatic rings. The van der Waals surface area contributed by atoms with Crippen LogP contribution in [-0.4, -0.2) is 4.98 Å². The van der Waals surface area contributed by atoms with Crippen molar-refractivity contribution in [2.24, 2.45) is 0 Å². The first-order chi connectivity index (χ1) is 4.97. The third-order valence-corrected chi connectivity index (χ3v) is 1.55. The minimum atomic E-state index is 0.